The van der Waals surface area contributed by atoms with Gasteiger partial charge in [0.15, 0.2) is 11.8 Å². The highest BCUT2D eigenvalue weighted by atomic mass is 16.5. The van der Waals surface area contributed by atoms with Crippen LogP contribution in [0.1, 0.15) is 39.5 Å². The molecule has 0 aliphatic carbocycles. The number of esters is 1. The monoisotopic (exact) mass is 229 g/mol. The molecule has 0 aromatic rings. The lowest BCUT2D eigenvalue weighted by Gasteiger charge is -2.13. The first-order valence-corrected chi connectivity index (χ1v) is 5.40. The minimum Gasteiger partial charge on any atom is -0.467 e. The van der Waals surface area contributed by atoms with Crippen LogP contribution in [-0.4, -0.2) is 30.8 Å². The number of ether oxygens (including phenoxy) is 1. The molecule has 0 aliphatic rings. The minimum absolute atomic E-state index is 0.293. The standard InChI is InChI=1S/C11H19NO4/c1-4-5-6-7-9(14)12-10(8(2)13)11(15)16-3/h10H,4-7H2,1-3H3,(H,12,14). The van der Waals surface area contributed by atoms with Crippen LogP contribution in [-0.2, 0) is 19.1 Å². The maximum atomic E-state index is 11.4. The van der Waals surface area contributed by atoms with Crippen molar-refractivity contribution in [1.29, 1.82) is 0 Å². The largest absolute Gasteiger partial charge is 0.467 e. The summed E-state index contributed by atoms with van der Waals surface area (Å²) in [7, 11) is 1.18. The summed E-state index contributed by atoms with van der Waals surface area (Å²) in [5.74, 6) is -1.44. The third kappa shape index (κ3) is 5.48. The molecule has 1 amide bonds. The third-order valence-electron chi connectivity index (χ3n) is 2.16. The van der Waals surface area contributed by atoms with Gasteiger partial charge in [-0.1, -0.05) is 19.8 Å². The van der Waals surface area contributed by atoms with E-state index in [0.29, 0.717) is 6.42 Å². The van der Waals surface area contributed by atoms with Crippen LogP contribution in [0.3, 0.4) is 0 Å². The van der Waals surface area contributed by atoms with E-state index in [1.807, 2.05) is 6.92 Å². The summed E-state index contributed by atoms with van der Waals surface area (Å²) in [4.78, 5) is 33.6. The SMILES string of the molecule is CCCCCC(=O)NC(C(C)=O)C(=O)OC. The Morgan fingerprint density at radius 1 is 1.25 bits per heavy atom. The van der Waals surface area contributed by atoms with Crippen LogP contribution in [0.15, 0.2) is 0 Å². The Morgan fingerprint density at radius 3 is 2.31 bits per heavy atom. The first kappa shape index (κ1) is 14.6. The van der Waals surface area contributed by atoms with E-state index < -0.39 is 17.8 Å². The van der Waals surface area contributed by atoms with E-state index in [4.69, 9.17) is 0 Å². The van der Waals surface area contributed by atoms with E-state index >= 15 is 0 Å². The molecular formula is C11H19NO4. The van der Waals surface area contributed by atoms with Crippen LogP contribution in [0.2, 0.25) is 0 Å². The zero-order valence-corrected chi connectivity index (χ0v) is 10.0. The molecule has 0 aromatic heterocycles. The number of hydrogen-bond donors (Lipinski definition) is 1. The van der Waals surface area contributed by atoms with Crippen molar-refractivity contribution in [2.24, 2.45) is 0 Å². The average Bonchev–Trinajstić information content (AvgIpc) is 2.25. The highest BCUT2D eigenvalue weighted by Gasteiger charge is 2.25. The zero-order valence-electron chi connectivity index (χ0n) is 10.0. The molecule has 0 heterocycles. The van der Waals surface area contributed by atoms with Crippen molar-refractivity contribution >= 4 is 17.7 Å². The van der Waals surface area contributed by atoms with E-state index in [2.05, 4.69) is 10.1 Å². The van der Waals surface area contributed by atoms with Crippen LogP contribution in [0.5, 0.6) is 0 Å². The average molecular weight is 229 g/mol. The Morgan fingerprint density at radius 2 is 1.88 bits per heavy atom. The fourth-order valence-electron chi connectivity index (χ4n) is 1.21. The highest BCUT2D eigenvalue weighted by Crippen LogP contribution is 2.00. The summed E-state index contributed by atoms with van der Waals surface area (Å²) in [6, 6.07) is -1.17. The Labute approximate surface area is 95.5 Å². The first-order chi connectivity index (χ1) is 7.52. The maximum Gasteiger partial charge on any atom is 0.336 e. The van der Waals surface area contributed by atoms with Gasteiger partial charge in [0.2, 0.25) is 5.91 Å². The Hall–Kier alpha value is -1.39. The van der Waals surface area contributed by atoms with Gasteiger partial charge in [-0.2, -0.15) is 0 Å². The normalized spacial score (nSPS) is 11.7. The second kappa shape index (κ2) is 7.84. The van der Waals surface area contributed by atoms with Crippen molar-refractivity contribution in [3.63, 3.8) is 0 Å². The van der Waals surface area contributed by atoms with Crippen LogP contribution in [0.25, 0.3) is 0 Å². The number of hydrogen-bond acceptors (Lipinski definition) is 4. The van der Waals surface area contributed by atoms with Gasteiger partial charge in [0.25, 0.3) is 0 Å². The summed E-state index contributed by atoms with van der Waals surface area (Å²) in [6.07, 6.45) is 3.06. The summed E-state index contributed by atoms with van der Waals surface area (Å²) in [5.41, 5.74) is 0. The molecule has 1 atom stereocenters. The molecule has 16 heavy (non-hydrogen) atoms. The molecular weight excluding hydrogens is 210 g/mol. The van der Waals surface area contributed by atoms with Crippen LogP contribution >= 0.6 is 0 Å². The van der Waals surface area contributed by atoms with Gasteiger partial charge < -0.3 is 10.1 Å². The lowest BCUT2D eigenvalue weighted by atomic mass is 10.1. The van der Waals surface area contributed by atoms with Gasteiger partial charge >= 0.3 is 5.97 Å². The Kier molecular flexibility index (Phi) is 7.16. The number of Topliss-reactive ketones (excluding diaryl/α,β-unsaturated/α-hetero) is 1. The van der Waals surface area contributed by atoms with Crippen molar-refractivity contribution in [2.45, 2.75) is 45.6 Å². The molecule has 1 unspecified atom stereocenters. The molecule has 0 bridgehead atoms. The van der Waals surface area contributed by atoms with Gasteiger partial charge in [0.05, 0.1) is 7.11 Å². The van der Waals surface area contributed by atoms with Crippen molar-refractivity contribution in [2.75, 3.05) is 7.11 Å². The number of amides is 1. The number of methoxy groups -OCH3 is 1. The number of rotatable bonds is 7. The molecule has 0 saturated carbocycles. The molecule has 92 valence electrons. The molecule has 0 radical (unpaired) electrons. The molecule has 0 saturated heterocycles. The van der Waals surface area contributed by atoms with E-state index in [1.54, 1.807) is 0 Å². The minimum atomic E-state index is -1.17. The van der Waals surface area contributed by atoms with E-state index in [9.17, 15) is 14.4 Å². The summed E-state index contributed by atoms with van der Waals surface area (Å²) >= 11 is 0. The first-order valence-electron chi connectivity index (χ1n) is 5.40. The van der Waals surface area contributed by atoms with Gasteiger partial charge in [-0.25, -0.2) is 4.79 Å². The predicted molar refractivity (Wildman–Crippen MR) is 58.8 cm³/mol. The lowest BCUT2D eigenvalue weighted by Crippen LogP contribution is -2.46. The highest BCUT2D eigenvalue weighted by molar-refractivity contribution is 6.04. The van der Waals surface area contributed by atoms with Gasteiger partial charge in [-0.05, 0) is 13.3 Å². The lowest BCUT2D eigenvalue weighted by molar-refractivity contribution is -0.148. The molecule has 5 nitrogen and oxygen atoms in total. The molecule has 0 aromatic carbocycles. The summed E-state index contributed by atoms with van der Waals surface area (Å²) in [6.45, 7) is 3.28. The van der Waals surface area contributed by atoms with Gasteiger partial charge in [-0.15, -0.1) is 0 Å². The number of carbonyl (C=O) groups is 3. The van der Waals surface area contributed by atoms with Crippen LogP contribution in [0, 0.1) is 0 Å². The Balaban J connectivity index is 4.14. The number of unbranched alkanes of at least 4 members (excludes halogenated alkanes) is 2. The van der Waals surface area contributed by atoms with Gasteiger partial charge in [0, 0.05) is 6.42 Å². The van der Waals surface area contributed by atoms with Crippen molar-refractivity contribution in [1.82, 2.24) is 5.32 Å². The van der Waals surface area contributed by atoms with Gasteiger partial charge in [0.1, 0.15) is 0 Å². The van der Waals surface area contributed by atoms with E-state index in [-0.39, 0.29) is 5.91 Å². The van der Waals surface area contributed by atoms with Crippen molar-refractivity contribution < 1.29 is 19.1 Å². The molecule has 0 rings (SSSR count). The van der Waals surface area contributed by atoms with E-state index in [0.717, 1.165) is 19.3 Å². The molecule has 5 heteroatoms. The molecule has 0 aliphatic heterocycles. The van der Waals surface area contributed by atoms with E-state index in [1.165, 1.54) is 14.0 Å². The fourth-order valence-corrected chi connectivity index (χ4v) is 1.21. The Bertz CT molecular complexity index is 263. The number of nitrogens with one attached hydrogen (secondary N) is 1. The molecule has 0 fully saturated rings. The van der Waals surface area contributed by atoms with Gasteiger partial charge in [-0.3, -0.25) is 9.59 Å². The quantitative estimate of drug-likeness (QED) is 0.398. The molecule has 0 spiro atoms. The summed E-state index contributed by atoms with van der Waals surface area (Å²) in [5, 5.41) is 2.36. The second-order valence-electron chi connectivity index (χ2n) is 3.59. The fraction of sp³-hybridized carbons (Fsp3) is 0.727. The van der Waals surface area contributed by atoms with Crippen LogP contribution in [0.4, 0.5) is 0 Å². The van der Waals surface area contributed by atoms with Crippen molar-refractivity contribution in [3.05, 3.63) is 0 Å². The third-order valence-corrected chi connectivity index (χ3v) is 2.16. The smallest absolute Gasteiger partial charge is 0.336 e. The van der Waals surface area contributed by atoms with Crippen LogP contribution < -0.4 is 5.32 Å². The summed E-state index contributed by atoms with van der Waals surface area (Å²) < 4.78 is 4.43. The molecule has 1 N–H and O–H groups in total. The van der Waals surface area contributed by atoms with Crippen molar-refractivity contribution in [3.8, 4) is 0 Å². The topological polar surface area (TPSA) is 72.5 Å². The maximum absolute atomic E-state index is 11.4. The number of carbonyl (C=O) groups excluding carboxylic acids is 3. The predicted octanol–water partition coefficient (Wildman–Crippen LogP) is 0.813. The second-order valence-corrected chi connectivity index (χ2v) is 3.59. The zero-order chi connectivity index (χ0) is 12.6. The number of ketones is 1.